The third-order valence-electron chi connectivity index (χ3n) is 3.40. The molecule has 1 fully saturated rings. The minimum atomic E-state index is -4.16. The predicted molar refractivity (Wildman–Crippen MR) is 75.8 cm³/mol. The van der Waals surface area contributed by atoms with E-state index in [0.29, 0.717) is 0 Å². The van der Waals surface area contributed by atoms with Gasteiger partial charge in [-0.3, -0.25) is 0 Å². The van der Waals surface area contributed by atoms with Gasteiger partial charge in [-0.15, -0.1) is 0 Å². The van der Waals surface area contributed by atoms with E-state index in [1.165, 1.54) is 0 Å². The van der Waals surface area contributed by atoms with Crippen molar-refractivity contribution in [2.45, 2.75) is 17.0 Å². The lowest BCUT2D eigenvalue weighted by atomic mass is 10.2. The molecule has 1 aromatic rings. The second-order valence-corrected chi connectivity index (χ2v) is 9.05. The van der Waals surface area contributed by atoms with Gasteiger partial charge in [-0.2, -0.15) is 4.31 Å². The normalized spacial score (nSPS) is 24.7. The molecule has 10 heteroatoms. The summed E-state index contributed by atoms with van der Waals surface area (Å²) >= 11 is 0. The maximum Gasteiger partial charge on any atom is 0.243 e. The molecule has 0 saturated carbocycles. The van der Waals surface area contributed by atoms with Crippen LogP contribution in [0.5, 0.6) is 0 Å². The molecule has 0 radical (unpaired) electrons. The van der Waals surface area contributed by atoms with Crippen molar-refractivity contribution in [2.75, 3.05) is 24.7 Å². The Kier molecular flexibility index (Phi) is 4.87. The molecule has 0 bridgehead atoms. The lowest BCUT2D eigenvalue weighted by molar-refractivity contribution is 0.117. The van der Waals surface area contributed by atoms with E-state index in [2.05, 4.69) is 0 Å². The molecular weight excluding hydrogens is 337 g/mol. The molecule has 1 aliphatic rings. The molecule has 7 nitrogen and oxygen atoms in total. The van der Waals surface area contributed by atoms with Gasteiger partial charge in [0.2, 0.25) is 10.0 Å². The van der Waals surface area contributed by atoms with Crippen molar-refractivity contribution < 1.29 is 31.4 Å². The number of halogens is 1. The van der Waals surface area contributed by atoms with Gasteiger partial charge in [0.25, 0.3) is 0 Å². The highest BCUT2D eigenvalue weighted by molar-refractivity contribution is 7.92. The monoisotopic (exact) mass is 353 g/mol. The number of rotatable bonds is 5. The van der Waals surface area contributed by atoms with E-state index in [9.17, 15) is 26.3 Å². The first-order valence-electron chi connectivity index (χ1n) is 6.44. The smallest absolute Gasteiger partial charge is 0.243 e. The summed E-state index contributed by atoms with van der Waals surface area (Å²) in [7, 11) is -7.72. The van der Waals surface area contributed by atoms with E-state index < -0.39 is 55.9 Å². The van der Waals surface area contributed by atoms with Gasteiger partial charge in [-0.05, 0) is 24.3 Å². The average Bonchev–Trinajstić information content (AvgIpc) is 2.69. The zero-order chi connectivity index (χ0) is 16.5. The van der Waals surface area contributed by atoms with E-state index in [1.807, 2.05) is 0 Å². The van der Waals surface area contributed by atoms with Crippen LogP contribution >= 0.6 is 0 Å². The second-order valence-electron chi connectivity index (χ2n) is 5.00. The molecule has 0 spiro atoms. The number of hydrogen-bond donors (Lipinski definition) is 2. The quantitative estimate of drug-likeness (QED) is 0.700. The Bertz CT molecular complexity index is 731. The summed E-state index contributed by atoms with van der Waals surface area (Å²) < 4.78 is 62.0. The Balaban J connectivity index is 2.41. The molecule has 124 valence electrons. The van der Waals surface area contributed by atoms with Crippen LogP contribution in [0.1, 0.15) is 0 Å². The zero-order valence-electron chi connectivity index (χ0n) is 11.5. The molecule has 0 unspecified atom stereocenters. The van der Waals surface area contributed by atoms with Gasteiger partial charge in [0.15, 0.2) is 9.84 Å². The molecular formula is C12H16FNO6S2. The largest absolute Gasteiger partial charge is 0.395 e. The number of benzene rings is 1. The lowest BCUT2D eigenvalue weighted by Gasteiger charge is -2.28. The summed E-state index contributed by atoms with van der Waals surface area (Å²) in [4.78, 5) is -0.237. The van der Waals surface area contributed by atoms with Crippen molar-refractivity contribution in [2.24, 2.45) is 0 Å². The van der Waals surface area contributed by atoms with Crippen molar-refractivity contribution >= 4 is 19.9 Å². The maximum absolute atomic E-state index is 12.9. The first kappa shape index (κ1) is 17.3. The van der Waals surface area contributed by atoms with Gasteiger partial charge in [0.05, 0.1) is 35.2 Å². The fraction of sp³-hybridized carbons (Fsp3) is 0.500. The summed E-state index contributed by atoms with van der Waals surface area (Å²) in [5, 5.41) is 18.9. The van der Waals surface area contributed by atoms with Crippen molar-refractivity contribution in [3.63, 3.8) is 0 Å². The lowest BCUT2D eigenvalue weighted by Crippen LogP contribution is -2.47. The highest BCUT2D eigenvalue weighted by Gasteiger charge is 2.44. The molecule has 2 atom stereocenters. The van der Waals surface area contributed by atoms with Crippen molar-refractivity contribution in [3.05, 3.63) is 30.1 Å². The predicted octanol–water partition coefficient (Wildman–Crippen LogP) is -1.03. The minimum Gasteiger partial charge on any atom is -0.395 e. The minimum absolute atomic E-state index is 0.237. The molecule has 1 aromatic carbocycles. The second kappa shape index (κ2) is 6.20. The number of nitrogens with zero attached hydrogens (tertiary/aromatic N) is 1. The van der Waals surface area contributed by atoms with E-state index in [4.69, 9.17) is 5.11 Å². The molecule has 0 aromatic heterocycles. The van der Waals surface area contributed by atoms with Crippen LogP contribution in [0.4, 0.5) is 4.39 Å². The fourth-order valence-electron chi connectivity index (χ4n) is 2.39. The van der Waals surface area contributed by atoms with Crippen LogP contribution in [-0.4, -0.2) is 68.2 Å². The van der Waals surface area contributed by atoms with Crippen LogP contribution in [0, 0.1) is 5.82 Å². The van der Waals surface area contributed by atoms with Crippen LogP contribution in [0.2, 0.25) is 0 Å². The van der Waals surface area contributed by atoms with E-state index >= 15 is 0 Å². The molecule has 0 aliphatic carbocycles. The summed E-state index contributed by atoms with van der Waals surface area (Å²) in [5.74, 6) is -1.66. The molecule has 22 heavy (non-hydrogen) atoms. The Hall–Kier alpha value is -1.07. The van der Waals surface area contributed by atoms with E-state index in [1.54, 1.807) is 0 Å². The topological polar surface area (TPSA) is 112 Å². The Labute approximate surface area is 128 Å². The van der Waals surface area contributed by atoms with Crippen LogP contribution in [-0.2, 0) is 19.9 Å². The molecule has 2 N–H and O–H groups in total. The van der Waals surface area contributed by atoms with Crippen molar-refractivity contribution in [1.82, 2.24) is 4.31 Å². The van der Waals surface area contributed by atoms with E-state index in [0.717, 1.165) is 28.6 Å². The fourth-order valence-corrected chi connectivity index (χ4v) is 5.93. The standard InChI is InChI=1S/C12H16FNO6S2/c13-9-1-3-10(4-2-9)22(19,20)14(5-6-15)11-7-21(17,18)8-12(11)16/h1-4,11-12,15-16H,5-8H2/t11-,12-/m0/s1. The van der Waals surface area contributed by atoms with E-state index in [-0.39, 0.29) is 11.4 Å². The van der Waals surface area contributed by atoms with Gasteiger partial charge in [-0.1, -0.05) is 0 Å². The highest BCUT2D eigenvalue weighted by Crippen LogP contribution is 2.25. The first-order chi connectivity index (χ1) is 10.2. The summed E-state index contributed by atoms with van der Waals surface area (Å²) in [6.45, 7) is -0.902. The number of hydrogen-bond acceptors (Lipinski definition) is 6. The van der Waals surface area contributed by atoms with Crippen LogP contribution in [0.15, 0.2) is 29.2 Å². The Morgan fingerprint density at radius 2 is 1.82 bits per heavy atom. The summed E-state index contributed by atoms with van der Waals surface area (Å²) in [5.41, 5.74) is 0. The molecule has 0 amide bonds. The zero-order valence-corrected chi connectivity index (χ0v) is 13.1. The van der Waals surface area contributed by atoms with Crippen molar-refractivity contribution in [1.29, 1.82) is 0 Å². The Morgan fingerprint density at radius 1 is 1.23 bits per heavy atom. The van der Waals surface area contributed by atoms with Gasteiger partial charge in [0, 0.05) is 6.54 Å². The van der Waals surface area contributed by atoms with Crippen LogP contribution in [0.25, 0.3) is 0 Å². The molecule has 1 heterocycles. The van der Waals surface area contributed by atoms with Crippen molar-refractivity contribution in [3.8, 4) is 0 Å². The van der Waals surface area contributed by atoms with Crippen LogP contribution < -0.4 is 0 Å². The number of sulfone groups is 1. The van der Waals surface area contributed by atoms with Gasteiger partial charge >= 0.3 is 0 Å². The van der Waals surface area contributed by atoms with Gasteiger partial charge in [0.1, 0.15) is 5.82 Å². The average molecular weight is 353 g/mol. The van der Waals surface area contributed by atoms with Gasteiger partial charge in [-0.25, -0.2) is 21.2 Å². The first-order valence-corrected chi connectivity index (χ1v) is 9.70. The summed E-state index contributed by atoms with van der Waals surface area (Å²) in [6.07, 6.45) is -1.37. The van der Waals surface area contributed by atoms with Gasteiger partial charge < -0.3 is 10.2 Å². The maximum atomic E-state index is 12.9. The summed E-state index contributed by atoms with van der Waals surface area (Å²) in [6, 6.07) is 2.85. The number of aliphatic hydroxyl groups excluding tert-OH is 2. The number of sulfonamides is 1. The third-order valence-corrected chi connectivity index (χ3v) is 7.04. The molecule has 2 rings (SSSR count). The number of aliphatic hydroxyl groups is 2. The van der Waals surface area contributed by atoms with Crippen LogP contribution in [0.3, 0.4) is 0 Å². The molecule has 1 aliphatic heterocycles. The third kappa shape index (κ3) is 3.46. The Morgan fingerprint density at radius 3 is 2.27 bits per heavy atom. The SMILES string of the molecule is O=S1(=O)C[C@H](O)[C@@H](N(CCO)S(=O)(=O)c2ccc(F)cc2)C1. The highest BCUT2D eigenvalue weighted by atomic mass is 32.2. The molecule has 1 saturated heterocycles.